The van der Waals surface area contributed by atoms with Crippen molar-refractivity contribution in [1.82, 2.24) is 9.80 Å². The van der Waals surface area contributed by atoms with Gasteiger partial charge >= 0.3 is 0 Å². The molecule has 7 heteroatoms. The molecule has 0 N–H and O–H groups in total. The van der Waals surface area contributed by atoms with E-state index in [1.165, 1.54) is 4.88 Å². The minimum Gasteiger partial charge on any atom is -0.497 e. The summed E-state index contributed by atoms with van der Waals surface area (Å²) in [4.78, 5) is 31.9. The Hall–Kier alpha value is -3.32. The van der Waals surface area contributed by atoms with Crippen LogP contribution in [0.1, 0.15) is 45.2 Å². The number of rotatable bonds is 8. The van der Waals surface area contributed by atoms with Gasteiger partial charge in [-0.2, -0.15) is 0 Å². The van der Waals surface area contributed by atoms with E-state index in [0.717, 1.165) is 36.1 Å². The number of carbonyl (C=O) groups is 2. The van der Waals surface area contributed by atoms with E-state index in [-0.39, 0.29) is 30.4 Å². The molecule has 3 aromatic rings. The molecular weight excluding hydrogens is 460 g/mol. The van der Waals surface area contributed by atoms with Gasteiger partial charge < -0.3 is 19.3 Å². The molecule has 1 aliphatic carbocycles. The molecule has 0 bridgehead atoms. The van der Waals surface area contributed by atoms with Crippen LogP contribution in [-0.2, 0) is 11.2 Å². The van der Waals surface area contributed by atoms with Crippen LogP contribution in [0.25, 0.3) is 0 Å². The Kier molecular flexibility index (Phi) is 6.77. The number of nitrogens with zero attached hydrogens (tertiary/aromatic N) is 2. The number of hydrogen-bond acceptors (Lipinski definition) is 5. The zero-order valence-electron chi connectivity index (χ0n) is 20.1. The van der Waals surface area contributed by atoms with Crippen LogP contribution in [0.3, 0.4) is 0 Å². The van der Waals surface area contributed by atoms with Gasteiger partial charge in [0.25, 0.3) is 5.91 Å². The zero-order valence-corrected chi connectivity index (χ0v) is 20.9. The molecular formula is C28H30N2O4S. The van der Waals surface area contributed by atoms with Crippen LogP contribution < -0.4 is 9.47 Å². The number of fused-ring (bicyclic) bond motifs is 1. The van der Waals surface area contributed by atoms with E-state index in [1.54, 1.807) is 23.3 Å². The van der Waals surface area contributed by atoms with E-state index in [2.05, 4.69) is 11.4 Å². The third-order valence-electron chi connectivity index (χ3n) is 6.72. The maximum absolute atomic E-state index is 13.6. The molecule has 0 unspecified atom stereocenters. The second-order valence-corrected chi connectivity index (χ2v) is 10.2. The van der Waals surface area contributed by atoms with Crippen molar-refractivity contribution in [2.24, 2.45) is 0 Å². The second kappa shape index (κ2) is 10.1. The number of amides is 2. The summed E-state index contributed by atoms with van der Waals surface area (Å²) in [7, 11) is 1.63. The van der Waals surface area contributed by atoms with Crippen molar-refractivity contribution in [2.75, 3.05) is 26.8 Å². The fourth-order valence-electron chi connectivity index (χ4n) is 4.59. The molecule has 0 saturated heterocycles. The first-order valence-electron chi connectivity index (χ1n) is 12.0. The van der Waals surface area contributed by atoms with Crippen LogP contribution in [0.4, 0.5) is 0 Å². The normalized spacial score (nSPS) is 17.0. The van der Waals surface area contributed by atoms with Gasteiger partial charge in [-0.25, -0.2) is 0 Å². The van der Waals surface area contributed by atoms with Crippen LogP contribution in [0.5, 0.6) is 11.5 Å². The maximum atomic E-state index is 13.6. The highest BCUT2D eigenvalue weighted by molar-refractivity contribution is 7.10. The predicted octanol–water partition coefficient (Wildman–Crippen LogP) is 4.87. The molecule has 1 aromatic heterocycles. The average molecular weight is 491 g/mol. The quantitative estimate of drug-likeness (QED) is 0.452. The van der Waals surface area contributed by atoms with Crippen molar-refractivity contribution in [1.29, 1.82) is 0 Å². The Labute approximate surface area is 210 Å². The molecule has 1 fully saturated rings. The van der Waals surface area contributed by atoms with Gasteiger partial charge in [0.2, 0.25) is 5.91 Å². The number of thiophene rings is 1. The molecule has 5 rings (SSSR count). The van der Waals surface area contributed by atoms with Crippen molar-refractivity contribution in [3.05, 3.63) is 81.5 Å². The molecule has 1 atom stereocenters. The fraction of sp³-hybridized carbons (Fsp3) is 0.357. The summed E-state index contributed by atoms with van der Waals surface area (Å²) in [6.07, 6.45) is 2.72. The first kappa shape index (κ1) is 23.4. The van der Waals surface area contributed by atoms with Gasteiger partial charge in [0.15, 0.2) is 0 Å². The predicted molar refractivity (Wildman–Crippen MR) is 136 cm³/mol. The van der Waals surface area contributed by atoms with Crippen LogP contribution in [0.15, 0.2) is 60.0 Å². The zero-order chi connectivity index (χ0) is 24.4. The molecule has 0 spiro atoms. The Morgan fingerprint density at radius 2 is 1.86 bits per heavy atom. The van der Waals surface area contributed by atoms with E-state index >= 15 is 0 Å². The van der Waals surface area contributed by atoms with Crippen molar-refractivity contribution in [3.63, 3.8) is 0 Å². The third-order valence-corrected chi connectivity index (χ3v) is 7.71. The van der Waals surface area contributed by atoms with Crippen molar-refractivity contribution in [3.8, 4) is 11.5 Å². The second-order valence-electron chi connectivity index (χ2n) is 9.17. The minimum atomic E-state index is -0.195. The number of ether oxygens (including phenoxy) is 2. The molecule has 2 heterocycles. The molecule has 0 radical (unpaired) electrons. The first-order chi connectivity index (χ1) is 17.0. The van der Waals surface area contributed by atoms with Crippen LogP contribution in [0.2, 0.25) is 0 Å². The third kappa shape index (κ3) is 5.20. The topological polar surface area (TPSA) is 59.1 Å². The highest BCUT2D eigenvalue weighted by Gasteiger charge is 2.38. The highest BCUT2D eigenvalue weighted by Crippen LogP contribution is 2.35. The van der Waals surface area contributed by atoms with Crippen LogP contribution >= 0.6 is 11.3 Å². The fourth-order valence-corrected chi connectivity index (χ4v) is 5.52. The van der Waals surface area contributed by atoms with E-state index in [1.807, 2.05) is 60.4 Å². The van der Waals surface area contributed by atoms with Crippen LogP contribution in [-0.4, -0.2) is 54.5 Å². The lowest BCUT2D eigenvalue weighted by atomic mass is 10.0. The number of methoxy groups -OCH3 is 1. The highest BCUT2D eigenvalue weighted by atomic mass is 32.1. The minimum absolute atomic E-state index is 0.0338. The molecule has 35 heavy (non-hydrogen) atoms. The van der Waals surface area contributed by atoms with Crippen molar-refractivity contribution >= 4 is 23.2 Å². The molecule has 2 aliphatic rings. The summed E-state index contributed by atoms with van der Waals surface area (Å²) in [5.74, 6) is 1.32. The van der Waals surface area contributed by atoms with E-state index in [9.17, 15) is 9.59 Å². The lowest BCUT2D eigenvalue weighted by Gasteiger charge is -2.37. The molecule has 6 nitrogen and oxygen atoms in total. The summed E-state index contributed by atoms with van der Waals surface area (Å²) in [5.41, 5.74) is 2.88. The van der Waals surface area contributed by atoms with Crippen molar-refractivity contribution in [2.45, 2.75) is 38.3 Å². The van der Waals surface area contributed by atoms with E-state index in [4.69, 9.17) is 9.47 Å². The van der Waals surface area contributed by atoms with Crippen LogP contribution in [0, 0.1) is 6.92 Å². The van der Waals surface area contributed by atoms with Gasteiger partial charge in [-0.05, 0) is 67.5 Å². The molecule has 182 valence electrons. The molecule has 2 aromatic carbocycles. The Balaban J connectivity index is 1.33. The number of carbonyl (C=O) groups excluding carboxylic acids is 2. The largest absolute Gasteiger partial charge is 0.497 e. The van der Waals surface area contributed by atoms with E-state index < -0.39 is 0 Å². The Morgan fingerprint density at radius 1 is 1.09 bits per heavy atom. The summed E-state index contributed by atoms with van der Waals surface area (Å²) < 4.78 is 11.4. The van der Waals surface area contributed by atoms with Gasteiger partial charge in [0.1, 0.15) is 24.7 Å². The standard InChI is InChI=1S/C28H30N2O4S/c1-19-6-8-20(9-7-19)28(32)30(21-10-11-21)17-27(31)29-14-12-26-24(13-15-35-26)25(29)18-34-23-5-3-4-22(16-23)33-2/h3-9,13,15-16,21,25H,10-12,14,17-18H2,1-2H3/t25-/m1/s1. The number of benzene rings is 2. The number of aryl methyl sites for hydroxylation is 1. The smallest absolute Gasteiger partial charge is 0.254 e. The summed E-state index contributed by atoms with van der Waals surface area (Å²) >= 11 is 1.72. The molecule has 2 amide bonds. The molecule has 1 aliphatic heterocycles. The van der Waals surface area contributed by atoms with Gasteiger partial charge in [-0.3, -0.25) is 9.59 Å². The van der Waals surface area contributed by atoms with Gasteiger partial charge in [-0.15, -0.1) is 11.3 Å². The Bertz CT molecular complexity index is 1200. The molecule has 1 saturated carbocycles. The summed E-state index contributed by atoms with van der Waals surface area (Å²) in [5, 5.41) is 2.08. The summed E-state index contributed by atoms with van der Waals surface area (Å²) in [6, 6.07) is 17.1. The number of hydrogen-bond donors (Lipinski definition) is 0. The average Bonchev–Trinajstić information content (AvgIpc) is 3.61. The summed E-state index contributed by atoms with van der Waals surface area (Å²) in [6.45, 7) is 3.05. The SMILES string of the molecule is COc1cccc(OC[C@@H]2c3ccsc3CCN2C(=O)CN(C(=O)c2ccc(C)cc2)C2CC2)c1. The monoisotopic (exact) mass is 490 g/mol. The van der Waals surface area contributed by atoms with E-state index in [0.29, 0.717) is 24.5 Å². The van der Waals surface area contributed by atoms with Gasteiger partial charge in [0.05, 0.1) is 13.2 Å². The lowest BCUT2D eigenvalue weighted by Crippen LogP contribution is -2.48. The lowest BCUT2D eigenvalue weighted by molar-refractivity contribution is -0.135. The first-order valence-corrected chi connectivity index (χ1v) is 12.9. The van der Waals surface area contributed by atoms with Gasteiger partial charge in [-0.1, -0.05) is 23.8 Å². The van der Waals surface area contributed by atoms with Gasteiger partial charge in [0, 0.05) is 29.1 Å². The Morgan fingerprint density at radius 3 is 2.60 bits per heavy atom. The van der Waals surface area contributed by atoms with Crippen molar-refractivity contribution < 1.29 is 19.1 Å². The maximum Gasteiger partial charge on any atom is 0.254 e.